The maximum absolute atomic E-state index is 12.9. The predicted molar refractivity (Wildman–Crippen MR) is 137 cm³/mol. The minimum absolute atomic E-state index is 0.0860. The summed E-state index contributed by atoms with van der Waals surface area (Å²) in [5, 5.41) is 0. The average molecular weight is 547 g/mol. The zero-order valence-electron chi connectivity index (χ0n) is 19.7. The Kier molecular flexibility index (Phi) is 6.22. The number of carbonyl (C=O) groups is 4. The van der Waals surface area contributed by atoms with Crippen LogP contribution in [0.1, 0.15) is 51.2 Å². The standard InChI is InChI=1S/C28H23BrN2O5/c1-16-12-21(9-11-24(16)31-26(33)22-10-8-20(29)14-23(22)27(31)34)36-28(35)19-13-25(32)30(15-19)17(2)18-6-4-3-5-7-18/h3-12,14,17,19H,13,15H2,1-2H3/t17-,19+/m0/s1. The van der Waals surface area contributed by atoms with Crippen LogP contribution in [0.25, 0.3) is 0 Å². The van der Waals surface area contributed by atoms with Crippen molar-refractivity contribution >= 4 is 45.3 Å². The fourth-order valence-electron chi connectivity index (χ4n) is 4.75. The van der Waals surface area contributed by atoms with E-state index in [1.807, 2.05) is 37.3 Å². The van der Waals surface area contributed by atoms with E-state index in [4.69, 9.17) is 4.74 Å². The number of nitrogens with zero attached hydrogens (tertiary/aromatic N) is 2. The van der Waals surface area contributed by atoms with Gasteiger partial charge in [0.15, 0.2) is 0 Å². The first kappa shape index (κ1) is 23.9. The van der Waals surface area contributed by atoms with E-state index in [1.54, 1.807) is 48.2 Å². The van der Waals surface area contributed by atoms with Crippen molar-refractivity contribution in [2.75, 3.05) is 11.4 Å². The maximum atomic E-state index is 12.9. The van der Waals surface area contributed by atoms with Crippen LogP contribution < -0.4 is 9.64 Å². The first-order valence-corrected chi connectivity index (χ1v) is 12.4. The van der Waals surface area contributed by atoms with Gasteiger partial charge in [0.05, 0.1) is 28.8 Å². The van der Waals surface area contributed by atoms with Crippen LogP contribution >= 0.6 is 15.9 Å². The van der Waals surface area contributed by atoms with E-state index in [9.17, 15) is 19.2 Å². The van der Waals surface area contributed by atoms with Crippen molar-refractivity contribution in [1.29, 1.82) is 0 Å². The number of carbonyl (C=O) groups excluding carboxylic acids is 4. The molecule has 0 saturated carbocycles. The summed E-state index contributed by atoms with van der Waals surface area (Å²) in [6.45, 7) is 3.98. The third-order valence-corrected chi connectivity index (χ3v) is 7.21. The molecule has 0 unspecified atom stereocenters. The van der Waals surface area contributed by atoms with Gasteiger partial charge in [0.2, 0.25) is 5.91 Å². The molecule has 2 atom stereocenters. The molecule has 7 nitrogen and oxygen atoms in total. The van der Waals surface area contributed by atoms with Crippen molar-refractivity contribution in [3.8, 4) is 5.75 Å². The Morgan fingerprint density at radius 3 is 2.42 bits per heavy atom. The molecule has 0 radical (unpaired) electrons. The molecule has 8 heteroatoms. The van der Waals surface area contributed by atoms with Crippen molar-refractivity contribution in [2.24, 2.45) is 5.92 Å². The molecule has 2 aliphatic rings. The number of anilines is 1. The van der Waals surface area contributed by atoms with Crippen LogP contribution in [0, 0.1) is 12.8 Å². The van der Waals surface area contributed by atoms with Gasteiger partial charge in [-0.1, -0.05) is 46.3 Å². The molecule has 3 aromatic rings. The number of halogens is 1. The molecule has 1 fully saturated rings. The molecular formula is C28H23BrN2O5. The lowest BCUT2D eigenvalue weighted by Gasteiger charge is -2.25. The fourth-order valence-corrected chi connectivity index (χ4v) is 5.11. The number of rotatable bonds is 5. The number of ether oxygens (including phenoxy) is 1. The summed E-state index contributed by atoms with van der Waals surface area (Å²) in [7, 11) is 0. The fraction of sp³-hybridized carbons (Fsp3) is 0.214. The molecule has 182 valence electrons. The number of aryl methyl sites for hydroxylation is 1. The Morgan fingerprint density at radius 2 is 1.69 bits per heavy atom. The van der Waals surface area contributed by atoms with Gasteiger partial charge in [0.1, 0.15) is 5.75 Å². The summed E-state index contributed by atoms with van der Waals surface area (Å²) in [5.74, 6) is -1.64. The van der Waals surface area contributed by atoms with Gasteiger partial charge in [-0.25, -0.2) is 4.90 Å². The molecule has 0 bridgehead atoms. The molecule has 0 aliphatic carbocycles. The molecular weight excluding hydrogens is 524 g/mol. The molecule has 3 amide bonds. The minimum Gasteiger partial charge on any atom is -0.426 e. The van der Waals surface area contributed by atoms with Gasteiger partial charge in [-0.05, 0) is 61.4 Å². The van der Waals surface area contributed by atoms with Gasteiger partial charge in [0, 0.05) is 17.4 Å². The van der Waals surface area contributed by atoms with Crippen LogP contribution in [0.2, 0.25) is 0 Å². The van der Waals surface area contributed by atoms with Crippen LogP contribution in [-0.4, -0.2) is 35.1 Å². The first-order valence-electron chi connectivity index (χ1n) is 11.6. The van der Waals surface area contributed by atoms with E-state index in [2.05, 4.69) is 15.9 Å². The molecule has 5 rings (SSSR count). The van der Waals surface area contributed by atoms with Gasteiger partial charge < -0.3 is 9.64 Å². The van der Waals surface area contributed by atoms with E-state index in [0.717, 1.165) is 10.5 Å². The molecule has 36 heavy (non-hydrogen) atoms. The minimum atomic E-state index is -0.571. The Hall–Kier alpha value is -3.78. The summed E-state index contributed by atoms with van der Waals surface area (Å²) in [5.41, 5.74) is 2.72. The highest BCUT2D eigenvalue weighted by Crippen LogP contribution is 2.34. The molecule has 0 spiro atoms. The topological polar surface area (TPSA) is 84.0 Å². The molecule has 3 aromatic carbocycles. The number of esters is 1. The van der Waals surface area contributed by atoms with Gasteiger partial charge in [-0.2, -0.15) is 0 Å². The molecule has 2 heterocycles. The second kappa shape index (κ2) is 9.35. The van der Waals surface area contributed by atoms with E-state index in [0.29, 0.717) is 32.6 Å². The van der Waals surface area contributed by atoms with Crippen molar-refractivity contribution in [1.82, 2.24) is 4.90 Å². The SMILES string of the molecule is Cc1cc(OC(=O)[C@@H]2CC(=O)N([C@@H](C)c3ccccc3)C2)ccc1N1C(=O)c2ccc(Br)cc2C1=O. The van der Waals surface area contributed by atoms with Gasteiger partial charge in [-0.15, -0.1) is 0 Å². The third-order valence-electron chi connectivity index (χ3n) is 6.72. The highest BCUT2D eigenvalue weighted by atomic mass is 79.9. The number of benzene rings is 3. The number of amides is 3. The average Bonchev–Trinajstić information content (AvgIpc) is 3.37. The van der Waals surface area contributed by atoms with E-state index in [1.165, 1.54) is 0 Å². The van der Waals surface area contributed by atoms with Crippen LogP contribution in [0.4, 0.5) is 5.69 Å². The van der Waals surface area contributed by atoms with E-state index in [-0.39, 0.29) is 24.9 Å². The number of hydrogen-bond donors (Lipinski definition) is 0. The highest BCUT2D eigenvalue weighted by Gasteiger charge is 2.39. The van der Waals surface area contributed by atoms with Crippen molar-refractivity contribution < 1.29 is 23.9 Å². The second-order valence-electron chi connectivity index (χ2n) is 9.04. The lowest BCUT2D eigenvalue weighted by atomic mass is 10.1. The van der Waals surface area contributed by atoms with Crippen molar-refractivity contribution in [3.63, 3.8) is 0 Å². The summed E-state index contributed by atoms with van der Waals surface area (Å²) < 4.78 is 6.31. The van der Waals surface area contributed by atoms with Crippen LogP contribution in [-0.2, 0) is 9.59 Å². The van der Waals surface area contributed by atoms with Crippen LogP contribution in [0.15, 0.2) is 71.2 Å². The van der Waals surface area contributed by atoms with E-state index >= 15 is 0 Å². The normalized spacial score (nSPS) is 18.0. The van der Waals surface area contributed by atoms with Gasteiger partial charge >= 0.3 is 5.97 Å². The van der Waals surface area contributed by atoms with Crippen molar-refractivity contribution in [2.45, 2.75) is 26.3 Å². The van der Waals surface area contributed by atoms with Crippen molar-refractivity contribution in [3.05, 3.63) is 93.5 Å². The van der Waals surface area contributed by atoms with E-state index < -0.39 is 23.7 Å². The lowest BCUT2D eigenvalue weighted by Crippen LogP contribution is -2.30. The maximum Gasteiger partial charge on any atom is 0.316 e. The summed E-state index contributed by atoms with van der Waals surface area (Å²) in [6, 6.07) is 19.3. The Balaban J connectivity index is 1.29. The van der Waals surface area contributed by atoms with Crippen LogP contribution in [0.3, 0.4) is 0 Å². The Bertz CT molecular complexity index is 1400. The Morgan fingerprint density at radius 1 is 0.972 bits per heavy atom. The Labute approximate surface area is 216 Å². The first-order chi connectivity index (χ1) is 17.2. The molecule has 2 aliphatic heterocycles. The zero-order chi connectivity index (χ0) is 25.6. The quantitative estimate of drug-likeness (QED) is 0.253. The second-order valence-corrected chi connectivity index (χ2v) is 9.95. The molecule has 0 N–H and O–H groups in total. The summed E-state index contributed by atoms with van der Waals surface area (Å²) in [6.07, 6.45) is 0.0949. The highest BCUT2D eigenvalue weighted by molar-refractivity contribution is 9.10. The number of fused-ring (bicyclic) bond motifs is 1. The molecule has 1 saturated heterocycles. The number of imide groups is 1. The third kappa shape index (κ3) is 4.22. The predicted octanol–water partition coefficient (Wildman–Crippen LogP) is 5.07. The summed E-state index contributed by atoms with van der Waals surface area (Å²) in [4.78, 5) is 54.2. The molecule has 0 aromatic heterocycles. The smallest absolute Gasteiger partial charge is 0.316 e. The lowest BCUT2D eigenvalue weighted by molar-refractivity contribution is -0.139. The number of likely N-dealkylation sites (tertiary alicyclic amines) is 1. The monoisotopic (exact) mass is 546 g/mol. The summed E-state index contributed by atoms with van der Waals surface area (Å²) >= 11 is 3.34. The van der Waals surface area contributed by atoms with Gasteiger partial charge in [-0.3, -0.25) is 19.2 Å². The van der Waals surface area contributed by atoms with Gasteiger partial charge in [0.25, 0.3) is 11.8 Å². The number of hydrogen-bond acceptors (Lipinski definition) is 5. The largest absolute Gasteiger partial charge is 0.426 e. The van der Waals surface area contributed by atoms with Crippen LogP contribution in [0.5, 0.6) is 5.75 Å². The zero-order valence-corrected chi connectivity index (χ0v) is 21.3.